The number of amides is 1. The Morgan fingerprint density at radius 1 is 1.21 bits per heavy atom. The Labute approximate surface area is 171 Å². The lowest BCUT2D eigenvalue weighted by Crippen LogP contribution is -2.40. The number of para-hydroxylation sites is 1. The lowest BCUT2D eigenvalue weighted by atomic mass is 10.2. The van der Waals surface area contributed by atoms with Crippen LogP contribution in [0.1, 0.15) is 46.1 Å². The van der Waals surface area contributed by atoms with E-state index in [0.717, 1.165) is 6.42 Å². The molecule has 0 bridgehead atoms. The van der Waals surface area contributed by atoms with E-state index in [1.54, 1.807) is 25.1 Å². The fraction of sp³-hybridized carbons (Fsp3) is 0.600. The molecule has 7 nitrogen and oxygen atoms in total. The summed E-state index contributed by atoms with van der Waals surface area (Å²) in [6.07, 6.45) is 1.17. The molecule has 1 aromatic rings. The Bertz CT molecular complexity index is 657. The highest BCUT2D eigenvalue weighted by atomic mass is 19.3. The zero-order valence-electron chi connectivity index (χ0n) is 17.6. The van der Waals surface area contributed by atoms with Crippen LogP contribution in [-0.4, -0.2) is 44.2 Å². The Hall–Kier alpha value is -2.58. The molecule has 1 atom stereocenters. The first-order valence-corrected chi connectivity index (χ1v) is 9.92. The molecule has 0 aliphatic heterocycles. The van der Waals surface area contributed by atoms with E-state index in [2.05, 4.69) is 25.7 Å². The summed E-state index contributed by atoms with van der Waals surface area (Å²) in [4.78, 5) is 16.3. The number of alkyl halides is 2. The first kappa shape index (κ1) is 24.5. The van der Waals surface area contributed by atoms with Gasteiger partial charge >= 0.3 is 6.61 Å². The van der Waals surface area contributed by atoms with Crippen LogP contribution >= 0.6 is 0 Å². The predicted octanol–water partition coefficient (Wildman–Crippen LogP) is 3.05. The number of carbonyl (C=O) groups excluding carboxylic acids is 1. The lowest BCUT2D eigenvalue weighted by molar-refractivity contribution is -0.121. The number of ether oxygens (including phenoxy) is 2. The van der Waals surface area contributed by atoms with Crippen LogP contribution in [0.4, 0.5) is 8.78 Å². The second-order valence-electron chi connectivity index (χ2n) is 6.30. The molecule has 0 saturated heterocycles. The fourth-order valence-corrected chi connectivity index (χ4v) is 2.43. The molecule has 0 spiro atoms. The van der Waals surface area contributed by atoms with Crippen molar-refractivity contribution >= 4 is 11.9 Å². The molecule has 9 heteroatoms. The minimum absolute atomic E-state index is 0.0168. The van der Waals surface area contributed by atoms with Crippen LogP contribution in [0.2, 0.25) is 0 Å². The molecule has 0 aliphatic rings. The van der Waals surface area contributed by atoms with Gasteiger partial charge in [-0.2, -0.15) is 8.78 Å². The van der Waals surface area contributed by atoms with Crippen LogP contribution in [0, 0.1) is 0 Å². The molecule has 0 saturated carbocycles. The van der Waals surface area contributed by atoms with Gasteiger partial charge in [0.25, 0.3) is 0 Å². The molecule has 3 N–H and O–H groups in total. The van der Waals surface area contributed by atoms with E-state index < -0.39 is 6.61 Å². The van der Waals surface area contributed by atoms with Crippen molar-refractivity contribution in [1.82, 2.24) is 16.0 Å². The van der Waals surface area contributed by atoms with Gasteiger partial charge in [0.15, 0.2) is 17.5 Å². The maximum absolute atomic E-state index is 12.8. The standard InChI is InChI=1S/C20H32F2N4O3/c1-5-14(4)26-17(27)11-12-24-20(23-6-2)25-13-15-9-8-10-16(28-7-3)18(15)29-19(21)22/h8-10,14,19H,5-7,11-13H2,1-4H3,(H,26,27)(H2,23,24,25). The van der Waals surface area contributed by atoms with E-state index in [-0.39, 0.29) is 30.0 Å². The van der Waals surface area contributed by atoms with E-state index in [1.165, 1.54) is 0 Å². The van der Waals surface area contributed by atoms with Crippen molar-refractivity contribution in [2.24, 2.45) is 4.99 Å². The van der Waals surface area contributed by atoms with Crippen molar-refractivity contribution in [1.29, 1.82) is 0 Å². The van der Waals surface area contributed by atoms with Crippen LogP contribution in [0.5, 0.6) is 11.5 Å². The Morgan fingerprint density at radius 3 is 2.59 bits per heavy atom. The average Bonchev–Trinajstić information content (AvgIpc) is 2.67. The van der Waals surface area contributed by atoms with Crippen molar-refractivity contribution in [2.45, 2.75) is 59.7 Å². The molecule has 1 amide bonds. The summed E-state index contributed by atoms with van der Waals surface area (Å²) in [6, 6.07) is 5.07. The predicted molar refractivity (Wildman–Crippen MR) is 110 cm³/mol. The third-order valence-electron chi connectivity index (χ3n) is 3.98. The van der Waals surface area contributed by atoms with E-state index in [0.29, 0.717) is 37.6 Å². The van der Waals surface area contributed by atoms with Crippen LogP contribution in [0.15, 0.2) is 23.2 Å². The smallest absolute Gasteiger partial charge is 0.387 e. The number of hydrogen-bond donors (Lipinski definition) is 3. The molecule has 0 heterocycles. The highest BCUT2D eigenvalue weighted by molar-refractivity contribution is 5.81. The van der Waals surface area contributed by atoms with Gasteiger partial charge in [-0.25, -0.2) is 4.99 Å². The van der Waals surface area contributed by atoms with Crippen LogP contribution in [0.3, 0.4) is 0 Å². The number of hydrogen-bond acceptors (Lipinski definition) is 4. The van der Waals surface area contributed by atoms with Crippen LogP contribution in [-0.2, 0) is 11.3 Å². The normalized spacial score (nSPS) is 12.4. The Balaban J connectivity index is 2.79. The molecule has 0 fully saturated rings. The van der Waals surface area contributed by atoms with E-state index in [4.69, 9.17) is 4.74 Å². The van der Waals surface area contributed by atoms with E-state index >= 15 is 0 Å². The van der Waals surface area contributed by atoms with Crippen LogP contribution in [0.25, 0.3) is 0 Å². The van der Waals surface area contributed by atoms with E-state index in [9.17, 15) is 13.6 Å². The molecule has 164 valence electrons. The van der Waals surface area contributed by atoms with E-state index in [1.807, 2.05) is 20.8 Å². The highest BCUT2D eigenvalue weighted by Crippen LogP contribution is 2.33. The van der Waals surface area contributed by atoms with Gasteiger partial charge in [-0.05, 0) is 33.3 Å². The molecule has 1 unspecified atom stereocenters. The zero-order valence-corrected chi connectivity index (χ0v) is 17.6. The van der Waals surface area contributed by atoms with Crippen molar-refractivity contribution < 1.29 is 23.0 Å². The van der Waals surface area contributed by atoms with Gasteiger partial charge in [-0.1, -0.05) is 19.1 Å². The molecule has 29 heavy (non-hydrogen) atoms. The topological polar surface area (TPSA) is 84.0 Å². The van der Waals surface area contributed by atoms with Gasteiger partial charge in [0.2, 0.25) is 5.91 Å². The molecule has 1 aromatic carbocycles. The van der Waals surface area contributed by atoms with Crippen molar-refractivity contribution in [2.75, 3.05) is 19.7 Å². The number of halogens is 2. The number of aliphatic imine (C=N–C) groups is 1. The quantitative estimate of drug-likeness (QED) is 0.362. The van der Waals surface area contributed by atoms with Gasteiger partial charge in [0.1, 0.15) is 0 Å². The van der Waals surface area contributed by atoms with Gasteiger partial charge in [-0.3, -0.25) is 4.79 Å². The number of rotatable bonds is 12. The summed E-state index contributed by atoms with van der Waals surface area (Å²) in [6.45, 7) is 6.12. The van der Waals surface area contributed by atoms with Gasteiger partial charge < -0.3 is 25.4 Å². The summed E-state index contributed by atoms with van der Waals surface area (Å²) in [5, 5.41) is 9.03. The summed E-state index contributed by atoms with van der Waals surface area (Å²) in [7, 11) is 0. The third kappa shape index (κ3) is 9.45. The lowest BCUT2D eigenvalue weighted by Gasteiger charge is -2.16. The Morgan fingerprint density at radius 2 is 1.97 bits per heavy atom. The molecule has 1 rings (SSSR count). The zero-order chi connectivity index (χ0) is 21.6. The third-order valence-corrected chi connectivity index (χ3v) is 3.98. The fourth-order valence-electron chi connectivity index (χ4n) is 2.43. The molecule has 0 aromatic heterocycles. The average molecular weight is 414 g/mol. The number of guanidine groups is 1. The largest absolute Gasteiger partial charge is 0.490 e. The maximum Gasteiger partial charge on any atom is 0.387 e. The van der Waals surface area contributed by atoms with Gasteiger partial charge in [-0.15, -0.1) is 0 Å². The monoisotopic (exact) mass is 414 g/mol. The minimum atomic E-state index is -2.96. The number of nitrogens with one attached hydrogen (secondary N) is 3. The highest BCUT2D eigenvalue weighted by Gasteiger charge is 2.15. The second kappa shape index (κ2) is 13.6. The second-order valence-corrected chi connectivity index (χ2v) is 6.30. The summed E-state index contributed by atoms with van der Waals surface area (Å²) in [5.74, 6) is 0.672. The minimum Gasteiger partial charge on any atom is -0.490 e. The SMILES string of the molecule is CCNC(=NCc1cccc(OCC)c1OC(F)F)NCCC(=O)NC(C)CC. The molecule has 0 radical (unpaired) electrons. The maximum atomic E-state index is 12.8. The first-order chi connectivity index (χ1) is 13.9. The van der Waals surface area contributed by atoms with Crippen molar-refractivity contribution in [3.05, 3.63) is 23.8 Å². The van der Waals surface area contributed by atoms with Crippen LogP contribution < -0.4 is 25.4 Å². The molecular formula is C20H32F2N4O3. The summed E-state index contributed by atoms with van der Waals surface area (Å²) < 4.78 is 35.7. The molecular weight excluding hydrogens is 382 g/mol. The summed E-state index contributed by atoms with van der Waals surface area (Å²) >= 11 is 0. The van der Waals surface area contributed by atoms with Gasteiger partial charge in [0.05, 0.1) is 13.2 Å². The molecule has 0 aliphatic carbocycles. The first-order valence-electron chi connectivity index (χ1n) is 9.92. The van der Waals surface area contributed by atoms with Crippen molar-refractivity contribution in [3.8, 4) is 11.5 Å². The van der Waals surface area contributed by atoms with Gasteiger partial charge in [0, 0.05) is 31.1 Å². The summed E-state index contributed by atoms with van der Waals surface area (Å²) in [5.41, 5.74) is 0.475. The Kier molecular flexibility index (Phi) is 11.4. The van der Waals surface area contributed by atoms with Crippen molar-refractivity contribution in [3.63, 3.8) is 0 Å². The number of benzene rings is 1. The number of carbonyl (C=O) groups is 1. The number of nitrogens with zero attached hydrogens (tertiary/aromatic N) is 1.